The molecule has 0 saturated heterocycles. The van der Waals surface area contributed by atoms with Crippen LogP contribution < -0.4 is 0 Å². The molecule has 1 N–H and O–H groups in total. The van der Waals surface area contributed by atoms with E-state index < -0.39 is 14.8 Å². The van der Waals surface area contributed by atoms with Gasteiger partial charge in [-0.25, -0.2) is 4.79 Å². The molecule has 0 aromatic rings. The van der Waals surface area contributed by atoms with Crippen LogP contribution in [0.3, 0.4) is 0 Å². The SMILES string of the molecule is CC=C(C(=O)OCCCO)[Si](OC)(OC)OC. The third-order valence-corrected chi connectivity index (χ3v) is 4.95. The van der Waals surface area contributed by atoms with Gasteiger partial charge in [-0.15, -0.1) is 0 Å². The van der Waals surface area contributed by atoms with Crippen molar-refractivity contribution in [3.63, 3.8) is 0 Å². The first kappa shape index (κ1) is 16.3. The van der Waals surface area contributed by atoms with E-state index in [1.165, 1.54) is 21.3 Å². The fourth-order valence-corrected chi connectivity index (χ4v) is 3.14. The second-order valence-electron chi connectivity index (χ2n) is 3.08. The summed E-state index contributed by atoms with van der Waals surface area (Å²) in [4.78, 5) is 11.8. The molecule has 0 aromatic heterocycles. The normalized spacial score (nSPS) is 12.6. The smallest absolute Gasteiger partial charge is 0.462 e. The van der Waals surface area contributed by atoms with Gasteiger partial charge in [0, 0.05) is 34.4 Å². The van der Waals surface area contributed by atoms with E-state index in [0.29, 0.717) is 6.42 Å². The van der Waals surface area contributed by atoms with Crippen LogP contribution in [0, 0.1) is 0 Å². The lowest BCUT2D eigenvalue weighted by Crippen LogP contribution is -2.48. The number of hydrogen-bond acceptors (Lipinski definition) is 6. The Morgan fingerprint density at radius 2 is 1.76 bits per heavy atom. The molecule has 0 amide bonds. The molecule has 6 nitrogen and oxygen atoms in total. The summed E-state index contributed by atoms with van der Waals surface area (Å²) in [6.45, 7) is 1.80. The lowest BCUT2D eigenvalue weighted by Gasteiger charge is -2.25. The molecule has 0 aliphatic carbocycles. The van der Waals surface area contributed by atoms with Gasteiger partial charge in [-0.3, -0.25) is 0 Å². The van der Waals surface area contributed by atoms with Crippen LogP contribution in [-0.2, 0) is 22.8 Å². The molecule has 0 atom stereocenters. The van der Waals surface area contributed by atoms with E-state index in [1.807, 2.05) is 0 Å². The molecule has 0 aliphatic heterocycles. The standard InChI is InChI=1S/C10H20O6Si/c1-5-9(10(12)16-8-6-7-11)17(13-2,14-3)15-4/h5,11H,6-8H2,1-4H3. The molecule has 7 heteroatoms. The minimum absolute atomic E-state index is 0.0279. The zero-order valence-electron chi connectivity index (χ0n) is 10.7. The van der Waals surface area contributed by atoms with Gasteiger partial charge in [-0.2, -0.15) is 0 Å². The molecule has 0 spiro atoms. The Kier molecular flexibility index (Phi) is 8.01. The van der Waals surface area contributed by atoms with Crippen LogP contribution in [0.5, 0.6) is 0 Å². The van der Waals surface area contributed by atoms with Gasteiger partial charge in [-0.1, -0.05) is 6.08 Å². The predicted molar refractivity (Wildman–Crippen MR) is 63.2 cm³/mol. The topological polar surface area (TPSA) is 74.2 Å². The highest BCUT2D eigenvalue weighted by atomic mass is 28.4. The van der Waals surface area contributed by atoms with Gasteiger partial charge in [-0.05, 0) is 6.92 Å². The molecule has 0 radical (unpaired) electrons. The zero-order chi connectivity index (χ0) is 13.3. The summed E-state index contributed by atoms with van der Waals surface area (Å²) in [6, 6.07) is 0. The van der Waals surface area contributed by atoms with Gasteiger partial charge >= 0.3 is 14.8 Å². The van der Waals surface area contributed by atoms with Crippen LogP contribution in [-0.4, -0.2) is 54.4 Å². The molecule has 0 aromatic carbocycles. The van der Waals surface area contributed by atoms with E-state index in [0.717, 1.165) is 0 Å². The fraction of sp³-hybridized carbons (Fsp3) is 0.700. The highest BCUT2D eigenvalue weighted by molar-refractivity contribution is 6.73. The maximum absolute atomic E-state index is 11.8. The summed E-state index contributed by atoms with van der Waals surface area (Å²) in [5.41, 5.74) is 0. The highest BCUT2D eigenvalue weighted by Crippen LogP contribution is 2.19. The zero-order valence-corrected chi connectivity index (χ0v) is 11.7. The maximum Gasteiger partial charge on any atom is 0.543 e. The molecule has 0 bridgehead atoms. The molecule has 0 fully saturated rings. The molecule has 0 rings (SSSR count). The summed E-state index contributed by atoms with van der Waals surface area (Å²) in [6.07, 6.45) is 1.95. The monoisotopic (exact) mass is 264 g/mol. The van der Waals surface area contributed by atoms with Crippen molar-refractivity contribution in [3.05, 3.63) is 11.3 Å². The average molecular weight is 264 g/mol. The van der Waals surface area contributed by atoms with E-state index in [9.17, 15) is 4.79 Å². The van der Waals surface area contributed by atoms with Crippen molar-refractivity contribution < 1.29 is 27.9 Å². The Labute approximate surface area is 102 Å². The summed E-state index contributed by atoms with van der Waals surface area (Å²) in [5, 5.41) is 8.85. The Balaban J connectivity index is 4.75. The number of allylic oxidation sites excluding steroid dienone is 1. The Morgan fingerprint density at radius 3 is 2.12 bits per heavy atom. The number of esters is 1. The number of hydrogen-bond donors (Lipinski definition) is 1. The van der Waals surface area contributed by atoms with Crippen molar-refractivity contribution in [3.8, 4) is 0 Å². The molecule has 0 heterocycles. The first-order chi connectivity index (χ1) is 8.11. The van der Waals surface area contributed by atoms with Gasteiger partial charge in [0.15, 0.2) is 0 Å². The van der Waals surface area contributed by atoms with Crippen molar-refractivity contribution in [1.82, 2.24) is 0 Å². The van der Waals surface area contributed by atoms with Gasteiger partial charge in [0.2, 0.25) is 0 Å². The van der Waals surface area contributed by atoms with Crippen molar-refractivity contribution in [1.29, 1.82) is 0 Å². The van der Waals surface area contributed by atoms with Crippen molar-refractivity contribution in [2.24, 2.45) is 0 Å². The molecule has 0 saturated carbocycles. The first-order valence-electron chi connectivity index (χ1n) is 5.22. The molecule has 0 aliphatic rings. The lowest BCUT2D eigenvalue weighted by molar-refractivity contribution is -0.139. The molecule has 0 unspecified atom stereocenters. The number of carbonyl (C=O) groups is 1. The van der Waals surface area contributed by atoms with E-state index >= 15 is 0 Å². The Bertz CT molecular complexity index is 253. The van der Waals surface area contributed by atoms with Crippen molar-refractivity contribution in [2.75, 3.05) is 34.5 Å². The second kappa shape index (κ2) is 8.37. The predicted octanol–water partition coefficient (Wildman–Crippen LogP) is 0.276. The first-order valence-corrected chi connectivity index (χ1v) is 6.94. The Morgan fingerprint density at radius 1 is 1.24 bits per heavy atom. The third kappa shape index (κ3) is 4.21. The van der Waals surface area contributed by atoms with Gasteiger partial charge in [0.05, 0.1) is 6.61 Å². The second-order valence-corrected chi connectivity index (χ2v) is 5.96. The van der Waals surface area contributed by atoms with Gasteiger partial charge < -0.3 is 23.1 Å². The lowest BCUT2D eigenvalue weighted by atomic mass is 10.5. The Hall–Kier alpha value is -0.733. The summed E-state index contributed by atoms with van der Waals surface area (Å²) in [5.74, 6) is -0.543. The van der Waals surface area contributed by atoms with E-state index in [4.69, 9.17) is 23.1 Å². The van der Waals surface area contributed by atoms with E-state index in [-0.39, 0.29) is 18.4 Å². The number of carbonyl (C=O) groups excluding carboxylic acids is 1. The van der Waals surface area contributed by atoms with E-state index in [1.54, 1.807) is 13.0 Å². The molecular weight excluding hydrogens is 244 g/mol. The fourth-order valence-electron chi connectivity index (χ4n) is 1.31. The van der Waals surface area contributed by atoms with Crippen molar-refractivity contribution >= 4 is 14.8 Å². The third-order valence-electron chi connectivity index (χ3n) is 2.18. The quantitative estimate of drug-likeness (QED) is 0.294. The molecule has 17 heavy (non-hydrogen) atoms. The minimum atomic E-state index is -3.15. The van der Waals surface area contributed by atoms with Crippen molar-refractivity contribution in [2.45, 2.75) is 13.3 Å². The summed E-state index contributed by atoms with van der Waals surface area (Å²) >= 11 is 0. The van der Waals surface area contributed by atoms with Crippen LogP contribution >= 0.6 is 0 Å². The minimum Gasteiger partial charge on any atom is -0.462 e. The number of rotatable bonds is 8. The number of aliphatic hydroxyl groups is 1. The largest absolute Gasteiger partial charge is 0.543 e. The van der Waals surface area contributed by atoms with Crippen LogP contribution in [0.1, 0.15) is 13.3 Å². The number of ether oxygens (including phenoxy) is 1. The van der Waals surface area contributed by atoms with E-state index in [2.05, 4.69) is 0 Å². The van der Waals surface area contributed by atoms with Crippen LogP contribution in [0.2, 0.25) is 0 Å². The molecule has 100 valence electrons. The van der Waals surface area contributed by atoms with Crippen LogP contribution in [0.4, 0.5) is 0 Å². The van der Waals surface area contributed by atoms with Gasteiger partial charge in [0.25, 0.3) is 0 Å². The molecular formula is C10H20O6Si. The number of aliphatic hydroxyl groups excluding tert-OH is 1. The van der Waals surface area contributed by atoms with Crippen LogP contribution in [0.15, 0.2) is 11.3 Å². The van der Waals surface area contributed by atoms with Crippen LogP contribution in [0.25, 0.3) is 0 Å². The summed E-state index contributed by atoms with van der Waals surface area (Å²) < 4.78 is 20.6. The maximum atomic E-state index is 11.8. The summed E-state index contributed by atoms with van der Waals surface area (Å²) in [7, 11) is 1.12. The highest BCUT2D eigenvalue weighted by Gasteiger charge is 2.47. The average Bonchev–Trinajstić information content (AvgIpc) is 2.36. The van der Waals surface area contributed by atoms with Gasteiger partial charge in [0.1, 0.15) is 5.20 Å².